The van der Waals surface area contributed by atoms with Gasteiger partial charge in [0.15, 0.2) is 0 Å². The number of pyridine rings is 1. The van der Waals surface area contributed by atoms with Crippen LogP contribution in [0.1, 0.15) is 29.5 Å². The van der Waals surface area contributed by atoms with Crippen LogP contribution in [0.2, 0.25) is 5.02 Å². The number of aromatic nitrogens is 1. The van der Waals surface area contributed by atoms with Crippen molar-refractivity contribution in [1.29, 1.82) is 0 Å². The van der Waals surface area contributed by atoms with E-state index in [0.717, 1.165) is 23.1 Å². The molecule has 1 saturated heterocycles. The second kappa shape index (κ2) is 16.3. The molecule has 1 unspecified atom stereocenters. The lowest BCUT2D eigenvalue weighted by Gasteiger charge is -2.33. The van der Waals surface area contributed by atoms with Crippen molar-refractivity contribution in [3.05, 3.63) is 76.7 Å². The predicted molar refractivity (Wildman–Crippen MR) is 151 cm³/mol. The van der Waals surface area contributed by atoms with Crippen LogP contribution in [0, 0.1) is 5.41 Å². The Kier molecular flexibility index (Phi) is 13.4. The minimum Gasteiger partial charge on any atom is -0.475 e. The van der Waals surface area contributed by atoms with Crippen LogP contribution in [0.15, 0.2) is 55.0 Å². The molecule has 18 heteroatoms. The Morgan fingerprint density at radius 1 is 1.02 bits per heavy atom. The summed E-state index contributed by atoms with van der Waals surface area (Å²) in [5.41, 5.74) is 7.98. The summed E-state index contributed by atoms with van der Waals surface area (Å²) in [5.74, 6) is -5.67. The Bertz CT molecular complexity index is 1390. The Hall–Kier alpha value is -4.38. The first-order valence-electron chi connectivity index (χ1n) is 13.4. The molecule has 2 amide bonds. The quantitative estimate of drug-likeness (QED) is 0.274. The molecule has 4 rings (SSSR count). The third-order valence-electron chi connectivity index (χ3n) is 6.78. The van der Waals surface area contributed by atoms with Gasteiger partial charge in [0, 0.05) is 43.6 Å². The summed E-state index contributed by atoms with van der Waals surface area (Å²) < 4.78 is 63.5. The first-order valence-corrected chi connectivity index (χ1v) is 13.8. The Labute approximate surface area is 263 Å². The molecule has 2 atom stereocenters. The minimum atomic E-state index is -5.08. The maximum atomic E-state index is 13.7. The molecule has 2 aliphatic heterocycles. The molecule has 3 heterocycles. The van der Waals surface area contributed by atoms with Gasteiger partial charge in [-0.15, -0.1) is 0 Å². The van der Waals surface area contributed by atoms with Crippen molar-refractivity contribution in [1.82, 2.24) is 20.5 Å². The smallest absolute Gasteiger partial charge is 0.475 e. The van der Waals surface area contributed by atoms with E-state index in [-0.39, 0.29) is 11.8 Å². The fourth-order valence-corrected chi connectivity index (χ4v) is 4.75. The van der Waals surface area contributed by atoms with Crippen LogP contribution in [0.4, 0.5) is 26.3 Å². The van der Waals surface area contributed by atoms with Gasteiger partial charge in [0.1, 0.15) is 6.04 Å². The number of rotatable bonds is 7. The molecule has 46 heavy (non-hydrogen) atoms. The van der Waals surface area contributed by atoms with Gasteiger partial charge in [-0.1, -0.05) is 23.7 Å². The number of aliphatic carboxylic acids is 2. The number of likely N-dealkylation sites (tertiary alicyclic amines) is 1. The lowest BCUT2D eigenvalue weighted by molar-refractivity contribution is -0.193. The molecule has 0 radical (unpaired) electrons. The maximum Gasteiger partial charge on any atom is 0.490 e. The summed E-state index contributed by atoms with van der Waals surface area (Å²) in [4.78, 5) is 50.4. The second-order valence-electron chi connectivity index (χ2n) is 10.00. The number of carbonyl (C=O) groups is 4. The van der Waals surface area contributed by atoms with E-state index in [1.165, 1.54) is 0 Å². The number of carbonyl (C=O) groups excluding carboxylic acids is 2. The first kappa shape index (κ1) is 37.8. The third-order valence-corrected chi connectivity index (χ3v) is 7.01. The molecule has 2 aliphatic rings. The van der Waals surface area contributed by atoms with E-state index in [1.54, 1.807) is 23.4 Å². The van der Waals surface area contributed by atoms with Crippen molar-refractivity contribution in [3.8, 4) is 0 Å². The van der Waals surface area contributed by atoms with Crippen molar-refractivity contribution < 1.29 is 55.7 Å². The molecule has 1 aromatic heterocycles. The number of nitrogens with one attached hydrogen (secondary N) is 2. The fraction of sp³-hybridized carbons (Fsp3) is 0.393. The average Bonchev–Trinajstić information content (AvgIpc) is 3.67. The van der Waals surface area contributed by atoms with Gasteiger partial charge in [0.25, 0.3) is 0 Å². The second-order valence-corrected chi connectivity index (χ2v) is 10.4. The number of hydrogen-bond acceptors (Lipinski definition) is 7. The molecule has 0 spiro atoms. The summed E-state index contributed by atoms with van der Waals surface area (Å²) >= 11 is 6.11. The van der Waals surface area contributed by atoms with Crippen LogP contribution in [0.5, 0.6) is 0 Å². The first-order chi connectivity index (χ1) is 21.4. The van der Waals surface area contributed by atoms with E-state index in [2.05, 4.69) is 15.6 Å². The maximum absolute atomic E-state index is 13.7. The molecule has 0 bridgehead atoms. The number of carboxylic acid groups (broad SMARTS) is 2. The summed E-state index contributed by atoms with van der Waals surface area (Å²) in [7, 11) is 0. The monoisotopic (exact) mass is 681 g/mol. The number of carboxylic acids is 2. The molecule has 252 valence electrons. The largest absolute Gasteiger partial charge is 0.490 e. The summed E-state index contributed by atoms with van der Waals surface area (Å²) in [6, 6.07) is 8.85. The molecule has 1 aromatic carbocycles. The molecule has 0 saturated carbocycles. The number of benzene rings is 1. The van der Waals surface area contributed by atoms with Crippen molar-refractivity contribution in [2.24, 2.45) is 11.1 Å². The van der Waals surface area contributed by atoms with Crippen LogP contribution in [0.3, 0.4) is 0 Å². The number of amides is 2. The molecule has 6 N–H and O–H groups in total. The van der Waals surface area contributed by atoms with Crippen LogP contribution >= 0.6 is 11.6 Å². The summed E-state index contributed by atoms with van der Waals surface area (Å²) in [6.07, 6.45) is -0.920. The van der Waals surface area contributed by atoms with Crippen molar-refractivity contribution >= 4 is 35.4 Å². The van der Waals surface area contributed by atoms with Crippen LogP contribution in [0.25, 0.3) is 0 Å². The summed E-state index contributed by atoms with van der Waals surface area (Å²) in [6.45, 7) is 1.79. The zero-order chi connectivity index (χ0) is 34.7. The number of nitrogens with zero attached hydrogens (tertiary/aromatic N) is 2. The molecular formula is C28H30ClF6N5O6. The van der Waals surface area contributed by atoms with Crippen molar-refractivity contribution in [2.75, 3.05) is 13.1 Å². The van der Waals surface area contributed by atoms with Gasteiger partial charge in [-0.25, -0.2) is 9.59 Å². The average molecular weight is 682 g/mol. The molecular weight excluding hydrogens is 652 g/mol. The highest BCUT2D eigenvalue weighted by Crippen LogP contribution is 2.33. The molecule has 0 aliphatic carbocycles. The Morgan fingerprint density at radius 2 is 1.61 bits per heavy atom. The van der Waals surface area contributed by atoms with E-state index in [9.17, 15) is 35.9 Å². The van der Waals surface area contributed by atoms with E-state index in [1.807, 2.05) is 36.5 Å². The van der Waals surface area contributed by atoms with Crippen LogP contribution in [-0.4, -0.2) is 75.3 Å². The zero-order valence-electron chi connectivity index (χ0n) is 23.9. The van der Waals surface area contributed by atoms with Crippen molar-refractivity contribution in [3.63, 3.8) is 0 Å². The lowest BCUT2D eigenvalue weighted by Crippen LogP contribution is -2.52. The predicted octanol–water partition coefficient (Wildman–Crippen LogP) is 3.41. The van der Waals surface area contributed by atoms with Crippen LogP contribution < -0.4 is 16.4 Å². The van der Waals surface area contributed by atoms with Crippen molar-refractivity contribution in [2.45, 2.75) is 50.7 Å². The van der Waals surface area contributed by atoms with Gasteiger partial charge in [-0.3, -0.25) is 14.6 Å². The van der Waals surface area contributed by atoms with E-state index >= 15 is 0 Å². The highest BCUT2D eigenvalue weighted by atomic mass is 35.5. The van der Waals surface area contributed by atoms with Gasteiger partial charge < -0.3 is 31.5 Å². The SMILES string of the molecule is NCc1ccc(Cl)cc1CNC(=O)[C@@H]1CCCN1C(=O)C1(Cc2ccncc2)C=CNC1.O=C(O)C(F)(F)F.O=C(O)C(F)(F)F. The highest BCUT2D eigenvalue weighted by Gasteiger charge is 2.46. The normalized spacial score (nSPS) is 18.8. The number of nitrogens with two attached hydrogens (primary N) is 1. The molecule has 2 aromatic rings. The number of alkyl halides is 6. The van der Waals surface area contributed by atoms with E-state index in [4.69, 9.17) is 37.1 Å². The van der Waals surface area contributed by atoms with E-state index in [0.29, 0.717) is 44.0 Å². The number of hydrogen-bond donors (Lipinski definition) is 5. The standard InChI is InChI=1S/C24H28ClN5O2.2C2HF3O2/c25-20-4-3-18(14-26)19(12-20)15-29-22(31)21-2-1-11-30(21)23(32)24(7-10-28-16-24)13-17-5-8-27-9-6-17;2*3-2(4,5)1(6)7/h3-10,12,21,28H,1-2,11,13-16,26H2,(H,29,31);2*(H,6,7)/t21-,24?;;/m0../s1. The third kappa shape index (κ3) is 10.9. The van der Waals surface area contributed by atoms with E-state index < -0.39 is 35.7 Å². The van der Waals surface area contributed by atoms with Gasteiger partial charge in [-0.05, 0) is 66.4 Å². The molecule has 1 fully saturated rings. The molecule has 11 nitrogen and oxygen atoms in total. The van der Waals surface area contributed by atoms with Gasteiger partial charge >= 0.3 is 24.3 Å². The topological polar surface area (TPSA) is 175 Å². The van der Waals surface area contributed by atoms with Crippen LogP contribution in [-0.2, 0) is 38.7 Å². The lowest BCUT2D eigenvalue weighted by atomic mass is 9.81. The Morgan fingerprint density at radius 3 is 2.11 bits per heavy atom. The van der Waals surface area contributed by atoms with Gasteiger partial charge in [-0.2, -0.15) is 26.3 Å². The zero-order valence-corrected chi connectivity index (χ0v) is 24.6. The summed E-state index contributed by atoms with van der Waals surface area (Å²) in [5, 5.41) is 21.0. The van der Waals surface area contributed by atoms with Gasteiger partial charge in [0.05, 0.1) is 5.41 Å². The number of halogens is 7. The Balaban J connectivity index is 0.000000440. The fourth-order valence-electron chi connectivity index (χ4n) is 4.55. The van der Waals surface area contributed by atoms with Gasteiger partial charge in [0.2, 0.25) is 11.8 Å². The minimum absolute atomic E-state index is 0.0152. The highest BCUT2D eigenvalue weighted by molar-refractivity contribution is 6.30.